The Morgan fingerprint density at radius 2 is 1.88 bits per heavy atom. The monoisotopic (exact) mass is 376 g/mol. The minimum absolute atomic E-state index is 0.0925. The Labute approximate surface area is 155 Å². The fraction of sp³-hybridized carbons (Fsp3) is 0.222. The van der Waals surface area contributed by atoms with E-state index >= 15 is 0 Å². The summed E-state index contributed by atoms with van der Waals surface area (Å²) in [7, 11) is 1.24. The van der Waals surface area contributed by atoms with Crippen molar-refractivity contribution in [2.75, 3.05) is 7.11 Å². The molecule has 136 valence electrons. The molecule has 1 atom stereocenters. The summed E-state index contributed by atoms with van der Waals surface area (Å²) in [5.41, 5.74) is 1.14. The number of esters is 1. The van der Waals surface area contributed by atoms with E-state index in [2.05, 4.69) is 5.32 Å². The van der Waals surface area contributed by atoms with E-state index in [4.69, 9.17) is 16.3 Å². The van der Waals surface area contributed by atoms with Crippen molar-refractivity contribution in [3.8, 4) is 0 Å². The molecule has 1 amide bonds. The molecule has 0 aromatic heterocycles. The van der Waals surface area contributed by atoms with Crippen LogP contribution in [0.1, 0.15) is 11.1 Å². The number of nitrogens with one attached hydrogen (secondary N) is 1. The zero-order valence-corrected chi connectivity index (χ0v) is 14.7. The quantitative estimate of drug-likeness (QED) is 0.455. The molecule has 2 rings (SSSR count). The van der Waals surface area contributed by atoms with Gasteiger partial charge >= 0.3 is 5.97 Å². The van der Waals surface area contributed by atoms with E-state index in [0.29, 0.717) is 10.6 Å². The molecule has 0 aliphatic rings. The van der Waals surface area contributed by atoms with Gasteiger partial charge in [-0.1, -0.05) is 35.9 Å². The van der Waals surface area contributed by atoms with Crippen molar-refractivity contribution >= 4 is 29.2 Å². The van der Waals surface area contributed by atoms with E-state index in [0.717, 1.165) is 5.56 Å². The van der Waals surface area contributed by atoms with Gasteiger partial charge in [-0.05, 0) is 23.3 Å². The standard InChI is InChI=1S/C18H17ClN2O5/c1-26-18(23)16(10-12-4-2-6-14(19)8-12)20-17(22)11-13-5-3-7-15(9-13)21(24)25/h2-9,16H,10-11H2,1H3,(H,20,22)/t16-/m0/s1. The fourth-order valence-corrected chi connectivity index (χ4v) is 2.66. The summed E-state index contributed by atoms with van der Waals surface area (Å²) in [4.78, 5) is 34.5. The number of non-ortho nitro benzene ring substituents is 1. The van der Waals surface area contributed by atoms with Gasteiger partial charge in [0.1, 0.15) is 6.04 Å². The molecule has 0 fully saturated rings. The largest absolute Gasteiger partial charge is 0.467 e. The van der Waals surface area contributed by atoms with Gasteiger partial charge in [-0.15, -0.1) is 0 Å². The summed E-state index contributed by atoms with van der Waals surface area (Å²) in [5, 5.41) is 13.9. The summed E-state index contributed by atoms with van der Waals surface area (Å²) < 4.78 is 4.74. The minimum Gasteiger partial charge on any atom is -0.467 e. The molecule has 1 N–H and O–H groups in total. The molecule has 0 bridgehead atoms. The lowest BCUT2D eigenvalue weighted by atomic mass is 10.1. The highest BCUT2D eigenvalue weighted by molar-refractivity contribution is 6.30. The minimum atomic E-state index is -0.885. The number of nitrogens with zero attached hydrogens (tertiary/aromatic N) is 1. The third-order valence-electron chi connectivity index (χ3n) is 3.64. The van der Waals surface area contributed by atoms with E-state index in [1.807, 2.05) is 0 Å². The first-order chi connectivity index (χ1) is 12.4. The molecule has 0 radical (unpaired) electrons. The summed E-state index contributed by atoms with van der Waals surface area (Å²) in [6.07, 6.45) is 0.124. The highest BCUT2D eigenvalue weighted by atomic mass is 35.5. The van der Waals surface area contributed by atoms with E-state index in [9.17, 15) is 19.7 Å². The van der Waals surface area contributed by atoms with E-state index < -0.39 is 22.8 Å². The summed E-state index contributed by atoms with van der Waals surface area (Å²) in [5.74, 6) is -1.03. The average molecular weight is 377 g/mol. The first-order valence-electron chi connectivity index (χ1n) is 7.74. The molecule has 0 spiro atoms. The van der Waals surface area contributed by atoms with Crippen molar-refractivity contribution in [1.29, 1.82) is 0 Å². The van der Waals surface area contributed by atoms with Gasteiger partial charge < -0.3 is 10.1 Å². The van der Waals surface area contributed by atoms with Crippen LogP contribution in [0.25, 0.3) is 0 Å². The lowest BCUT2D eigenvalue weighted by molar-refractivity contribution is -0.384. The zero-order chi connectivity index (χ0) is 19.1. The maximum Gasteiger partial charge on any atom is 0.328 e. The van der Waals surface area contributed by atoms with E-state index in [1.54, 1.807) is 30.3 Å². The van der Waals surface area contributed by atoms with Gasteiger partial charge in [-0.2, -0.15) is 0 Å². The molecule has 0 heterocycles. The highest BCUT2D eigenvalue weighted by Gasteiger charge is 2.22. The zero-order valence-electron chi connectivity index (χ0n) is 14.0. The van der Waals surface area contributed by atoms with Gasteiger partial charge in [0.05, 0.1) is 18.5 Å². The molecule has 26 heavy (non-hydrogen) atoms. The van der Waals surface area contributed by atoms with Crippen LogP contribution < -0.4 is 5.32 Å². The Kier molecular flexibility index (Phi) is 6.68. The number of nitro benzene ring substituents is 1. The maximum atomic E-state index is 12.3. The molecule has 0 aliphatic heterocycles. The van der Waals surface area contributed by atoms with Crippen LogP contribution in [0.15, 0.2) is 48.5 Å². The number of rotatable bonds is 7. The first-order valence-corrected chi connectivity index (χ1v) is 8.12. The topological polar surface area (TPSA) is 98.5 Å². The highest BCUT2D eigenvalue weighted by Crippen LogP contribution is 2.15. The predicted molar refractivity (Wildman–Crippen MR) is 95.9 cm³/mol. The number of carbonyl (C=O) groups excluding carboxylic acids is 2. The Morgan fingerprint density at radius 3 is 2.54 bits per heavy atom. The number of carbonyl (C=O) groups is 2. The lowest BCUT2D eigenvalue weighted by Gasteiger charge is -2.17. The lowest BCUT2D eigenvalue weighted by Crippen LogP contribution is -2.43. The van der Waals surface area contributed by atoms with Gasteiger partial charge in [-0.3, -0.25) is 14.9 Å². The van der Waals surface area contributed by atoms with Crippen LogP contribution in [0, 0.1) is 10.1 Å². The van der Waals surface area contributed by atoms with Gasteiger partial charge in [0.15, 0.2) is 0 Å². The first kappa shape index (κ1) is 19.4. The summed E-state index contributed by atoms with van der Waals surface area (Å²) in [6, 6.07) is 11.8. The van der Waals surface area contributed by atoms with Crippen molar-refractivity contribution < 1.29 is 19.2 Å². The Morgan fingerprint density at radius 1 is 1.19 bits per heavy atom. The third-order valence-corrected chi connectivity index (χ3v) is 3.87. The predicted octanol–water partition coefficient (Wildman–Crippen LogP) is 2.69. The van der Waals surface area contributed by atoms with Gasteiger partial charge in [0.25, 0.3) is 5.69 Å². The smallest absolute Gasteiger partial charge is 0.328 e. The summed E-state index contributed by atoms with van der Waals surface area (Å²) >= 11 is 5.94. The number of ether oxygens (including phenoxy) is 1. The normalized spacial score (nSPS) is 11.5. The van der Waals surface area contributed by atoms with Crippen LogP contribution in [-0.4, -0.2) is 30.0 Å². The number of halogens is 1. The van der Waals surface area contributed by atoms with Crippen LogP contribution in [0.4, 0.5) is 5.69 Å². The van der Waals surface area contributed by atoms with E-state index in [-0.39, 0.29) is 18.5 Å². The van der Waals surface area contributed by atoms with Crippen LogP contribution in [0.5, 0.6) is 0 Å². The number of hydrogen-bond acceptors (Lipinski definition) is 5. The summed E-state index contributed by atoms with van der Waals surface area (Å²) in [6.45, 7) is 0. The molecule has 0 saturated carbocycles. The Balaban J connectivity index is 2.07. The molecule has 2 aromatic carbocycles. The molecule has 7 nitrogen and oxygen atoms in total. The number of hydrogen-bond donors (Lipinski definition) is 1. The van der Waals surface area contributed by atoms with Crippen molar-refractivity contribution in [3.63, 3.8) is 0 Å². The molecule has 0 aliphatic carbocycles. The van der Waals surface area contributed by atoms with Crippen molar-refractivity contribution in [3.05, 3.63) is 74.8 Å². The molecular weight excluding hydrogens is 360 g/mol. The fourth-order valence-electron chi connectivity index (χ4n) is 2.45. The van der Waals surface area contributed by atoms with Crippen molar-refractivity contribution in [2.24, 2.45) is 0 Å². The SMILES string of the molecule is COC(=O)[C@H](Cc1cccc(Cl)c1)NC(=O)Cc1cccc([N+](=O)[O-])c1. The van der Waals surface area contributed by atoms with Crippen LogP contribution in [0.3, 0.4) is 0 Å². The van der Waals surface area contributed by atoms with Crippen molar-refractivity contribution in [1.82, 2.24) is 5.32 Å². The van der Waals surface area contributed by atoms with Crippen molar-refractivity contribution in [2.45, 2.75) is 18.9 Å². The van der Waals surface area contributed by atoms with Crippen LogP contribution in [-0.2, 0) is 27.2 Å². The van der Waals surface area contributed by atoms with Gasteiger partial charge in [0, 0.05) is 23.6 Å². The Hall–Kier alpha value is -2.93. The van der Waals surface area contributed by atoms with Gasteiger partial charge in [0.2, 0.25) is 5.91 Å². The number of methoxy groups -OCH3 is 1. The molecule has 0 saturated heterocycles. The maximum absolute atomic E-state index is 12.3. The number of amides is 1. The average Bonchev–Trinajstić information content (AvgIpc) is 2.60. The molecule has 0 unspecified atom stereocenters. The molecule has 2 aromatic rings. The molecule has 8 heteroatoms. The van der Waals surface area contributed by atoms with Crippen LogP contribution >= 0.6 is 11.6 Å². The molecular formula is C18H17ClN2O5. The van der Waals surface area contributed by atoms with Gasteiger partial charge in [-0.25, -0.2) is 4.79 Å². The second kappa shape index (κ2) is 8.96. The Bertz CT molecular complexity index is 825. The third kappa shape index (κ3) is 5.56. The number of benzene rings is 2. The van der Waals surface area contributed by atoms with E-state index in [1.165, 1.54) is 25.3 Å². The number of nitro groups is 1. The second-order valence-electron chi connectivity index (χ2n) is 5.58. The second-order valence-corrected chi connectivity index (χ2v) is 6.02. The van der Waals surface area contributed by atoms with Crippen LogP contribution in [0.2, 0.25) is 5.02 Å².